The molecule has 3 N–H and O–H groups in total. The molecule has 0 unspecified atom stereocenters. The molecule has 3 rings (SSSR count). The second kappa shape index (κ2) is 4.74. The third-order valence-electron chi connectivity index (χ3n) is 3.28. The molecule has 20 heavy (non-hydrogen) atoms. The molecule has 0 bridgehead atoms. The van der Waals surface area contributed by atoms with Crippen LogP contribution in [0.1, 0.15) is 5.56 Å². The summed E-state index contributed by atoms with van der Waals surface area (Å²) in [4.78, 5) is 14.3. The molecule has 0 saturated heterocycles. The zero-order valence-electron chi connectivity index (χ0n) is 10.6. The first-order valence-electron chi connectivity index (χ1n) is 6.26. The Balaban J connectivity index is 2.28. The van der Waals surface area contributed by atoms with E-state index < -0.39 is 5.97 Å². The maximum atomic E-state index is 11.1. The summed E-state index contributed by atoms with van der Waals surface area (Å²) in [7, 11) is 0. The van der Waals surface area contributed by atoms with Crippen LogP contribution in [-0.4, -0.2) is 21.2 Å². The van der Waals surface area contributed by atoms with Crippen molar-refractivity contribution >= 4 is 16.9 Å². The maximum absolute atomic E-state index is 11.1. The molecule has 1 heterocycles. The monoisotopic (exact) mass is 267 g/mol. The molecular formula is C16H13NO3. The lowest BCUT2D eigenvalue weighted by Crippen LogP contribution is -2.00. The number of nitrogens with one attached hydrogen (secondary N) is 1. The van der Waals surface area contributed by atoms with Crippen molar-refractivity contribution < 1.29 is 15.0 Å². The molecule has 0 radical (unpaired) electrons. The SMILES string of the molecule is O=C(O)Cc1c(-c2ccccc2)[nH]c2ccc(O)cc12. The van der Waals surface area contributed by atoms with E-state index in [2.05, 4.69) is 4.98 Å². The summed E-state index contributed by atoms with van der Waals surface area (Å²) >= 11 is 0. The highest BCUT2D eigenvalue weighted by atomic mass is 16.4. The molecule has 100 valence electrons. The molecule has 1 aromatic heterocycles. The number of aromatic hydroxyl groups is 1. The first kappa shape index (κ1) is 12.3. The number of rotatable bonds is 3. The number of hydrogen-bond donors (Lipinski definition) is 3. The summed E-state index contributed by atoms with van der Waals surface area (Å²) < 4.78 is 0. The lowest BCUT2D eigenvalue weighted by atomic mass is 10.0. The van der Waals surface area contributed by atoms with Crippen molar-refractivity contribution in [2.45, 2.75) is 6.42 Å². The van der Waals surface area contributed by atoms with Crippen LogP contribution in [0.3, 0.4) is 0 Å². The first-order valence-corrected chi connectivity index (χ1v) is 6.26. The molecule has 0 amide bonds. The number of aromatic nitrogens is 1. The van der Waals surface area contributed by atoms with Gasteiger partial charge in [-0.2, -0.15) is 0 Å². The number of hydrogen-bond acceptors (Lipinski definition) is 2. The number of H-pyrrole nitrogens is 1. The van der Waals surface area contributed by atoms with Gasteiger partial charge in [0, 0.05) is 10.9 Å². The van der Waals surface area contributed by atoms with Crippen molar-refractivity contribution in [1.82, 2.24) is 4.98 Å². The number of phenols is 1. The largest absolute Gasteiger partial charge is 0.508 e. The first-order chi connectivity index (χ1) is 9.65. The van der Waals surface area contributed by atoms with Crippen molar-refractivity contribution in [1.29, 1.82) is 0 Å². The number of fused-ring (bicyclic) bond motifs is 1. The predicted molar refractivity (Wildman–Crippen MR) is 76.7 cm³/mol. The van der Waals surface area contributed by atoms with Gasteiger partial charge in [-0.1, -0.05) is 30.3 Å². The van der Waals surface area contributed by atoms with Gasteiger partial charge in [-0.05, 0) is 29.3 Å². The third kappa shape index (κ3) is 2.12. The van der Waals surface area contributed by atoms with E-state index in [9.17, 15) is 9.90 Å². The van der Waals surface area contributed by atoms with Crippen LogP contribution in [0.5, 0.6) is 5.75 Å². The van der Waals surface area contributed by atoms with E-state index in [-0.39, 0.29) is 12.2 Å². The third-order valence-corrected chi connectivity index (χ3v) is 3.28. The van der Waals surface area contributed by atoms with E-state index in [0.29, 0.717) is 5.56 Å². The van der Waals surface area contributed by atoms with Crippen LogP contribution in [0.4, 0.5) is 0 Å². The molecule has 0 aliphatic heterocycles. The van der Waals surface area contributed by atoms with Crippen LogP contribution in [0.2, 0.25) is 0 Å². The highest BCUT2D eigenvalue weighted by Crippen LogP contribution is 2.32. The summed E-state index contributed by atoms with van der Waals surface area (Å²) in [6.45, 7) is 0. The fourth-order valence-electron chi connectivity index (χ4n) is 2.42. The van der Waals surface area contributed by atoms with Crippen LogP contribution in [-0.2, 0) is 11.2 Å². The van der Waals surface area contributed by atoms with Gasteiger partial charge in [-0.25, -0.2) is 0 Å². The van der Waals surface area contributed by atoms with E-state index in [1.54, 1.807) is 18.2 Å². The Labute approximate surface area is 115 Å². The van der Waals surface area contributed by atoms with Crippen LogP contribution < -0.4 is 0 Å². The Morgan fingerprint density at radius 3 is 2.55 bits per heavy atom. The van der Waals surface area contributed by atoms with Crippen molar-refractivity contribution in [2.75, 3.05) is 0 Å². The van der Waals surface area contributed by atoms with Gasteiger partial charge in [0.25, 0.3) is 0 Å². The van der Waals surface area contributed by atoms with E-state index in [0.717, 1.165) is 22.2 Å². The lowest BCUT2D eigenvalue weighted by molar-refractivity contribution is -0.136. The second-order valence-electron chi connectivity index (χ2n) is 4.64. The van der Waals surface area contributed by atoms with E-state index in [1.165, 1.54) is 0 Å². The molecule has 0 fully saturated rings. The summed E-state index contributed by atoms with van der Waals surface area (Å²) in [5.74, 6) is -0.769. The van der Waals surface area contributed by atoms with Crippen molar-refractivity contribution in [3.8, 4) is 17.0 Å². The van der Waals surface area contributed by atoms with Gasteiger partial charge in [0.05, 0.1) is 12.1 Å². The number of phenolic OH excluding ortho intramolecular Hbond substituents is 1. The average molecular weight is 267 g/mol. The minimum absolute atomic E-state index is 0.0896. The van der Waals surface area contributed by atoms with Gasteiger partial charge in [0.2, 0.25) is 0 Å². The Morgan fingerprint density at radius 2 is 1.85 bits per heavy atom. The van der Waals surface area contributed by atoms with E-state index in [4.69, 9.17) is 5.11 Å². The standard InChI is InChI=1S/C16H13NO3/c18-11-6-7-14-12(8-11)13(9-15(19)20)16(17-14)10-4-2-1-3-5-10/h1-8,17-18H,9H2,(H,19,20). The van der Waals surface area contributed by atoms with E-state index in [1.807, 2.05) is 30.3 Å². The Hall–Kier alpha value is -2.75. The second-order valence-corrected chi connectivity index (χ2v) is 4.64. The van der Waals surface area contributed by atoms with E-state index >= 15 is 0 Å². The Morgan fingerprint density at radius 1 is 1.10 bits per heavy atom. The predicted octanol–water partition coefficient (Wildman–Crippen LogP) is 3.17. The zero-order chi connectivity index (χ0) is 14.1. The normalized spacial score (nSPS) is 10.8. The highest BCUT2D eigenvalue weighted by Gasteiger charge is 2.16. The fourth-order valence-corrected chi connectivity index (χ4v) is 2.42. The summed E-state index contributed by atoms with van der Waals surface area (Å²) in [6.07, 6.45) is -0.0896. The molecule has 0 aliphatic rings. The van der Waals surface area contributed by atoms with Gasteiger partial charge < -0.3 is 15.2 Å². The molecule has 0 spiro atoms. The minimum Gasteiger partial charge on any atom is -0.508 e. The number of aliphatic carboxylic acids is 1. The summed E-state index contributed by atoms with van der Waals surface area (Å²) in [5.41, 5.74) is 3.22. The molecule has 2 aromatic carbocycles. The topological polar surface area (TPSA) is 73.3 Å². The van der Waals surface area contributed by atoms with Crippen LogP contribution >= 0.6 is 0 Å². The van der Waals surface area contributed by atoms with Crippen molar-refractivity contribution in [3.05, 3.63) is 54.1 Å². The summed E-state index contributed by atoms with van der Waals surface area (Å²) in [5, 5.41) is 19.5. The molecule has 0 saturated carbocycles. The molecular weight excluding hydrogens is 254 g/mol. The highest BCUT2D eigenvalue weighted by molar-refractivity contribution is 5.94. The van der Waals surface area contributed by atoms with Gasteiger partial charge >= 0.3 is 5.97 Å². The van der Waals surface area contributed by atoms with Crippen LogP contribution in [0.15, 0.2) is 48.5 Å². The number of carboxylic acids is 1. The van der Waals surface area contributed by atoms with Crippen molar-refractivity contribution in [2.24, 2.45) is 0 Å². The smallest absolute Gasteiger partial charge is 0.307 e. The minimum atomic E-state index is -0.897. The molecule has 0 atom stereocenters. The zero-order valence-corrected chi connectivity index (χ0v) is 10.6. The van der Waals surface area contributed by atoms with Gasteiger partial charge in [0.1, 0.15) is 5.75 Å². The number of aromatic amines is 1. The van der Waals surface area contributed by atoms with Crippen molar-refractivity contribution in [3.63, 3.8) is 0 Å². The van der Waals surface area contributed by atoms with Gasteiger partial charge in [0.15, 0.2) is 0 Å². The lowest BCUT2D eigenvalue weighted by Gasteiger charge is -2.02. The van der Waals surface area contributed by atoms with Crippen LogP contribution in [0, 0.1) is 0 Å². The Bertz CT molecular complexity index is 775. The Kier molecular flexibility index (Phi) is 2.91. The fraction of sp³-hybridized carbons (Fsp3) is 0.0625. The van der Waals surface area contributed by atoms with Gasteiger partial charge in [-0.3, -0.25) is 4.79 Å². The van der Waals surface area contributed by atoms with Crippen LogP contribution in [0.25, 0.3) is 22.2 Å². The number of benzene rings is 2. The average Bonchev–Trinajstić information content (AvgIpc) is 2.77. The molecule has 4 nitrogen and oxygen atoms in total. The molecule has 0 aliphatic carbocycles. The molecule has 4 heteroatoms. The number of carboxylic acid groups (broad SMARTS) is 1. The molecule has 3 aromatic rings. The quantitative estimate of drug-likeness (QED) is 0.682. The van der Waals surface area contributed by atoms with Gasteiger partial charge in [-0.15, -0.1) is 0 Å². The maximum Gasteiger partial charge on any atom is 0.307 e. The number of carbonyl (C=O) groups is 1. The summed E-state index contributed by atoms with van der Waals surface area (Å²) in [6, 6.07) is 14.5.